The van der Waals surface area contributed by atoms with Crippen molar-refractivity contribution in [2.45, 2.75) is 26.2 Å². The van der Waals surface area contributed by atoms with Gasteiger partial charge in [0.25, 0.3) is 0 Å². The van der Waals surface area contributed by atoms with Crippen LogP contribution in [0.2, 0.25) is 0 Å². The average Bonchev–Trinajstić information content (AvgIpc) is 2.09. The molecular formula is C7H10. The van der Waals surface area contributed by atoms with Gasteiger partial charge in [0.15, 0.2) is 0 Å². The molecule has 1 saturated carbocycles. The maximum atomic E-state index is 2.40. The molecule has 0 aromatic rings. The van der Waals surface area contributed by atoms with Crippen LogP contribution in [0.1, 0.15) is 26.2 Å². The summed E-state index contributed by atoms with van der Waals surface area (Å²) >= 11 is 0. The molecule has 0 N–H and O–H groups in total. The number of hydrogen-bond acceptors (Lipinski definition) is 0. The van der Waals surface area contributed by atoms with Gasteiger partial charge in [0.2, 0.25) is 0 Å². The zero-order valence-electron chi connectivity index (χ0n) is 4.70. The lowest BCUT2D eigenvalue weighted by Gasteiger charge is -1.96. The molecule has 0 radical (unpaired) electrons. The second kappa shape index (κ2) is 0.795. The molecule has 0 spiro atoms. The van der Waals surface area contributed by atoms with Crippen molar-refractivity contribution in [3.63, 3.8) is 0 Å². The summed E-state index contributed by atoms with van der Waals surface area (Å²) in [5, 5.41) is 0. The molecule has 0 aromatic heterocycles. The van der Waals surface area contributed by atoms with Gasteiger partial charge in [0.05, 0.1) is 0 Å². The Balaban J connectivity index is 2.37. The monoisotopic (exact) mass is 94.1 g/mol. The number of allylic oxidation sites excluding steroid dienone is 2. The van der Waals surface area contributed by atoms with E-state index in [2.05, 4.69) is 13.0 Å². The van der Waals surface area contributed by atoms with Crippen LogP contribution in [-0.4, -0.2) is 0 Å². The topological polar surface area (TPSA) is 0 Å². The van der Waals surface area contributed by atoms with Gasteiger partial charge in [-0.3, -0.25) is 0 Å². The van der Waals surface area contributed by atoms with Crippen molar-refractivity contribution in [1.82, 2.24) is 0 Å². The summed E-state index contributed by atoms with van der Waals surface area (Å²) in [6.07, 6.45) is 6.60. The van der Waals surface area contributed by atoms with E-state index in [1.807, 2.05) is 0 Å². The van der Waals surface area contributed by atoms with Crippen LogP contribution >= 0.6 is 0 Å². The molecule has 0 aromatic carbocycles. The first kappa shape index (κ1) is 3.71. The van der Waals surface area contributed by atoms with Crippen LogP contribution in [0.25, 0.3) is 0 Å². The third kappa shape index (κ3) is 0.324. The van der Waals surface area contributed by atoms with Crippen molar-refractivity contribution < 1.29 is 0 Å². The highest BCUT2D eigenvalue weighted by atomic mass is 14.5. The third-order valence-electron chi connectivity index (χ3n) is 2.32. The molecular weight excluding hydrogens is 84.1 g/mol. The lowest BCUT2D eigenvalue weighted by Crippen LogP contribution is -1.85. The fourth-order valence-electron chi connectivity index (χ4n) is 1.51. The Labute approximate surface area is 44.2 Å². The van der Waals surface area contributed by atoms with Crippen molar-refractivity contribution in [3.05, 3.63) is 11.6 Å². The van der Waals surface area contributed by atoms with Crippen LogP contribution in [0.5, 0.6) is 0 Å². The fourth-order valence-corrected chi connectivity index (χ4v) is 1.51. The standard InChI is InChI=1S/C7H10/c1-7-4-2-3-6(7)5-7/h3H,2,4-5H2,1H3/t7-/m0/s1. The van der Waals surface area contributed by atoms with Gasteiger partial charge in [-0.15, -0.1) is 0 Å². The smallest absolute Gasteiger partial charge is 0.00758 e. The van der Waals surface area contributed by atoms with Crippen LogP contribution < -0.4 is 0 Å². The molecule has 7 heavy (non-hydrogen) atoms. The maximum absolute atomic E-state index is 2.40. The minimum atomic E-state index is 0.722. The summed E-state index contributed by atoms with van der Waals surface area (Å²) < 4.78 is 0. The van der Waals surface area contributed by atoms with Gasteiger partial charge in [0.1, 0.15) is 0 Å². The minimum absolute atomic E-state index is 0.722. The van der Waals surface area contributed by atoms with E-state index >= 15 is 0 Å². The molecule has 38 valence electrons. The lowest BCUT2D eigenvalue weighted by molar-refractivity contribution is 0.572. The fraction of sp³-hybridized carbons (Fsp3) is 0.714. The molecule has 2 aliphatic rings. The Bertz CT molecular complexity index is 133. The summed E-state index contributed by atoms with van der Waals surface area (Å²) in [4.78, 5) is 0. The van der Waals surface area contributed by atoms with Gasteiger partial charge >= 0.3 is 0 Å². The first-order chi connectivity index (χ1) is 3.31. The molecule has 0 heterocycles. The Morgan fingerprint density at radius 1 is 1.71 bits per heavy atom. The highest BCUT2D eigenvalue weighted by Crippen LogP contribution is 2.59. The first-order valence-corrected chi connectivity index (χ1v) is 3.01. The van der Waals surface area contributed by atoms with Crippen LogP contribution in [0.4, 0.5) is 0 Å². The molecule has 2 rings (SSSR count). The van der Waals surface area contributed by atoms with Crippen LogP contribution in [0, 0.1) is 5.41 Å². The summed E-state index contributed by atoms with van der Waals surface area (Å²) in [7, 11) is 0. The molecule has 0 nitrogen and oxygen atoms in total. The molecule has 0 saturated heterocycles. The largest absolute Gasteiger partial charge is 0.0847 e. The molecule has 0 amide bonds. The quantitative estimate of drug-likeness (QED) is 0.403. The molecule has 0 aliphatic heterocycles. The Hall–Kier alpha value is -0.260. The average molecular weight is 94.2 g/mol. The van der Waals surface area contributed by atoms with E-state index < -0.39 is 0 Å². The van der Waals surface area contributed by atoms with E-state index in [0.717, 1.165) is 5.41 Å². The SMILES string of the molecule is C[C@@]12CCC=C1C2. The second-order valence-corrected chi connectivity index (χ2v) is 3.01. The summed E-state index contributed by atoms with van der Waals surface area (Å²) in [6.45, 7) is 2.37. The van der Waals surface area contributed by atoms with Crippen molar-refractivity contribution in [2.24, 2.45) is 5.41 Å². The molecule has 1 atom stereocenters. The van der Waals surface area contributed by atoms with Gasteiger partial charge in [0, 0.05) is 0 Å². The van der Waals surface area contributed by atoms with Crippen LogP contribution in [0.15, 0.2) is 11.6 Å². The third-order valence-corrected chi connectivity index (χ3v) is 2.32. The molecule has 1 fully saturated rings. The van der Waals surface area contributed by atoms with Gasteiger partial charge in [-0.1, -0.05) is 18.6 Å². The Morgan fingerprint density at radius 2 is 2.57 bits per heavy atom. The molecule has 2 aliphatic carbocycles. The second-order valence-electron chi connectivity index (χ2n) is 3.01. The number of hydrogen-bond donors (Lipinski definition) is 0. The molecule has 0 bridgehead atoms. The highest BCUT2D eigenvalue weighted by molar-refractivity contribution is 5.35. The molecule has 0 heteroatoms. The van der Waals surface area contributed by atoms with Gasteiger partial charge in [-0.05, 0) is 24.7 Å². The number of fused-ring (bicyclic) bond motifs is 1. The molecule has 0 unspecified atom stereocenters. The highest BCUT2D eigenvalue weighted by Gasteiger charge is 2.45. The Kier molecular flexibility index (Phi) is 0.421. The van der Waals surface area contributed by atoms with Gasteiger partial charge < -0.3 is 0 Å². The maximum Gasteiger partial charge on any atom is -0.00758 e. The van der Waals surface area contributed by atoms with E-state index in [0.29, 0.717) is 0 Å². The lowest BCUT2D eigenvalue weighted by atomic mass is 10.1. The predicted molar refractivity (Wildman–Crippen MR) is 30.0 cm³/mol. The first-order valence-electron chi connectivity index (χ1n) is 3.01. The Morgan fingerprint density at radius 3 is 2.71 bits per heavy atom. The van der Waals surface area contributed by atoms with E-state index in [-0.39, 0.29) is 0 Å². The van der Waals surface area contributed by atoms with E-state index in [1.54, 1.807) is 5.57 Å². The number of rotatable bonds is 0. The van der Waals surface area contributed by atoms with Crippen molar-refractivity contribution in [1.29, 1.82) is 0 Å². The van der Waals surface area contributed by atoms with E-state index in [4.69, 9.17) is 0 Å². The summed E-state index contributed by atoms with van der Waals surface area (Å²) in [6, 6.07) is 0. The van der Waals surface area contributed by atoms with Gasteiger partial charge in [-0.25, -0.2) is 0 Å². The summed E-state index contributed by atoms with van der Waals surface area (Å²) in [5.74, 6) is 0. The van der Waals surface area contributed by atoms with Gasteiger partial charge in [-0.2, -0.15) is 0 Å². The van der Waals surface area contributed by atoms with Crippen LogP contribution in [-0.2, 0) is 0 Å². The van der Waals surface area contributed by atoms with E-state index in [9.17, 15) is 0 Å². The van der Waals surface area contributed by atoms with Crippen molar-refractivity contribution >= 4 is 0 Å². The summed E-state index contributed by atoms with van der Waals surface area (Å²) in [5.41, 5.74) is 2.45. The zero-order chi connectivity index (χ0) is 4.91. The predicted octanol–water partition coefficient (Wildman–Crippen LogP) is 2.12. The minimum Gasteiger partial charge on any atom is -0.0847 e. The zero-order valence-corrected chi connectivity index (χ0v) is 4.70. The van der Waals surface area contributed by atoms with Crippen molar-refractivity contribution in [2.75, 3.05) is 0 Å². The van der Waals surface area contributed by atoms with Crippen LogP contribution in [0.3, 0.4) is 0 Å². The van der Waals surface area contributed by atoms with Crippen molar-refractivity contribution in [3.8, 4) is 0 Å². The normalized spacial score (nSPS) is 45.6. The van der Waals surface area contributed by atoms with E-state index in [1.165, 1.54) is 19.3 Å².